The molecule has 2 aliphatic carbocycles. The van der Waals surface area contributed by atoms with Gasteiger partial charge in [0, 0.05) is 74.0 Å². The molecule has 5 aliphatic rings. The van der Waals surface area contributed by atoms with Crippen LogP contribution in [0.15, 0.2) is 165 Å². The molecule has 624 valence electrons. The molecule has 15 heteroatoms. The maximum absolute atomic E-state index is 13.8. The van der Waals surface area contributed by atoms with Crippen molar-refractivity contribution in [2.75, 3.05) is 0 Å². The molecule has 3 amide bonds. The van der Waals surface area contributed by atoms with Crippen LogP contribution in [0.4, 0.5) is 0 Å². The van der Waals surface area contributed by atoms with E-state index in [1.54, 1.807) is 11.0 Å². The van der Waals surface area contributed by atoms with Crippen LogP contribution in [0.3, 0.4) is 0 Å². The lowest BCUT2D eigenvalue weighted by atomic mass is 9.91. The number of hydrogen-bond donors (Lipinski definition) is 2. The second kappa shape index (κ2) is 42.2. The van der Waals surface area contributed by atoms with Crippen LogP contribution >= 0.6 is 0 Å². The molecule has 2 saturated carbocycles. The van der Waals surface area contributed by atoms with Gasteiger partial charge in [-0.3, -0.25) is 24.0 Å². The molecule has 0 saturated heterocycles. The van der Waals surface area contributed by atoms with E-state index >= 15 is 0 Å². The van der Waals surface area contributed by atoms with E-state index in [1.165, 1.54) is 46.7 Å². The van der Waals surface area contributed by atoms with E-state index in [1.807, 2.05) is 136 Å². The number of fused-ring (bicyclic) bond motifs is 3. The molecule has 13 rings (SSSR count). The summed E-state index contributed by atoms with van der Waals surface area (Å²) in [6.07, 6.45) is 20.7. The largest absolute Gasteiger partial charge is 0.508 e. The van der Waals surface area contributed by atoms with E-state index in [9.17, 15) is 39.0 Å². The molecule has 2 fully saturated rings. The summed E-state index contributed by atoms with van der Waals surface area (Å²) in [4.78, 5) is 82.6. The summed E-state index contributed by atoms with van der Waals surface area (Å²) in [5.74, 6) is 2.10. The number of phenolic OH excluding ortho intramolecular Hbond substituents is 2. The Morgan fingerprint density at radius 2 is 0.805 bits per heavy atom. The number of rotatable bonds is 33. The predicted octanol–water partition coefficient (Wildman–Crippen LogP) is 22.8. The average molecular weight is 1600 g/mol. The van der Waals surface area contributed by atoms with Gasteiger partial charge in [0.1, 0.15) is 54.7 Å². The van der Waals surface area contributed by atoms with E-state index in [2.05, 4.69) is 95.5 Å². The summed E-state index contributed by atoms with van der Waals surface area (Å²) >= 11 is 0. The fourth-order valence-corrected chi connectivity index (χ4v) is 17.2. The SMILES string of the molecule is C=C(C)c1cc(C(=O)N2Cc3ccc(CCC=O)cc3C2)c(C)cc1OCc1ccccc1.C=C(C)c1cc(C(=O)N2Cc3ccc(CCCC[C@@H](CC(C)C)C(=O)OC4CCCC4)cc3C2)c(C)cc1OCc1ccccc1.CC(C)C[C@H](CCCCc1ccc2c(c1)CN(C(=O)c1cc(C(C)C)c(O)cc1O)C2)C(=O)OC1CCCC1. The smallest absolute Gasteiger partial charge is 0.309 e. The van der Waals surface area contributed by atoms with Crippen LogP contribution in [-0.2, 0) is 95.6 Å². The molecule has 0 spiro atoms. The highest BCUT2D eigenvalue weighted by atomic mass is 16.5. The van der Waals surface area contributed by atoms with Crippen molar-refractivity contribution in [1.29, 1.82) is 0 Å². The Labute approximate surface area is 701 Å². The first-order valence-electron chi connectivity index (χ1n) is 43.3. The number of ether oxygens (including phenoxy) is 4. The lowest BCUT2D eigenvalue weighted by Gasteiger charge is -2.20. The average Bonchev–Trinajstić information content (AvgIpc) is 1.59. The number of aldehydes is 1. The van der Waals surface area contributed by atoms with Gasteiger partial charge in [-0.2, -0.15) is 0 Å². The van der Waals surface area contributed by atoms with Crippen LogP contribution < -0.4 is 9.47 Å². The third-order valence-electron chi connectivity index (χ3n) is 23.8. The zero-order chi connectivity index (χ0) is 84.1. The number of esters is 2. The molecule has 2 N–H and O–H groups in total. The van der Waals surface area contributed by atoms with Gasteiger partial charge in [0.05, 0.1) is 17.4 Å². The first-order chi connectivity index (χ1) is 56.7. The Bertz CT molecular complexity index is 4830. The minimum absolute atomic E-state index is 0.00136. The van der Waals surface area contributed by atoms with Crippen LogP contribution in [0.2, 0.25) is 0 Å². The first-order valence-corrected chi connectivity index (χ1v) is 43.3. The van der Waals surface area contributed by atoms with Crippen molar-refractivity contribution in [3.63, 3.8) is 0 Å². The molecule has 0 bridgehead atoms. The Hall–Kier alpha value is -10.5. The molecular weight excluding hydrogens is 1470 g/mol. The van der Waals surface area contributed by atoms with Crippen LogP contribution in [-0.4, -0.2) is 73.1 Å². The Morgan fingerprint density at radius 3 is 1.17 bits per heavy atom. The maximum atomic E-state index is 13.8. The molecule has 0 unspecified atom stereocenters. The van der Waals surface area contributed by atoms with Crippen molar-refractivity contribution >= 4 is 47.1 Å². The standard InChI is InChI=1S/C41H51NO4.C33H45NO5.C29H29NO3/c1-28(2)21-33(41(44)46-36-17-11-12-18-36)16-10-9-13-31-19-20-34-25-42(26-35(34)23-31)40(43)38-24-37(29(3)4)39(22-30(38)5)45-27-32-14-7-6-8-15-32;1-21(2)15-24(33(38)39-27-11-7-8-12-27)10-6-5-9-23-13-14-25-19-34(20-26(25)16-23)32(37)29-17-28(22(3)4)30(35)18-31(29)36;1-20(2)26-16-27(21(3)14-28(26)33-19-23-8-5-4-6-9-23)29(32)30-17-24-12-11-22(10-7-13-31)15-25(24)18-30/h6-8,14-15,19-20,22-24,28,33,36H,3,9-13,16-18,21,25-27H2,1-2,4-5H3;13-14,16-18,21-22,24,27,35-36H,5-12,15,19-20H2,1-4H3;4-6,8-9,11-16H,1,7,10,17-19H2,2-3H3/t33-;24-;/m00./s1. The van der Waals surface area contributed by atoms with Crippen molar-refractivity contribution in [2.24, 2.45) is 23.7 Å². The molecule has 3 heterocycles. The van der Waals surface area contributed by atoms with Gasteiger partial charge < -0.3 is 48.7 Å². The number of amides is 3. The van der Waals surface area contributed by atoms with Crippen molar-refractivity contribution in [3.05, 3.63) is 271 Å². The van der Waals surface area contributed by atoms with Gasteiger partial charge in [-0.05, 0) is 274 Å². The van der Waals surface area contributed by atoms with Crippen LogP contribution in [0.1, 0.15) is 291 Å². The lowest BCUT2D eigenvalue weighted by molar-refractivity contribution is -0.155. The Balaban J connectivity index is 0.000000176. The predicted molar refractivity (Wildman–Crippen MR) is 469 cm³/mol. The van der Waals surface area contributed by atoms with Gasteiger partial charge in [-0.1, -0.05) is 183 Å². The highest BCUT2D eigenvalue weighted by molar-refractivity contribution is 5.99. The third-order valence-corrected chi connectivity index (χ3v) is 23.8. The molecule has 8 aromatic rings. The highest BCUT2D eigenvalue weighted by Crippen LogP contribution is 2.39. The first kappa shape index (κ1) is 88.3. The van der Waals surface area contributed by atoms with Gasteiger partial charge in [-0.25, -0.2) is 0 Å². The summed E-state index contributed by atoms with van der Waals surface area (Å²) in [6.45, 7) is 33.0. The fourth-order valence-electron chi connectivity index (χ4n) is 17.2. The number of nitrogens with zero attached hydrogens (tertiary/aromatic N) is 3. The molecule has 0 radical (unpaired) electrons. The van der Waals surface area contributed by atoms with E-state index < -0.39 is 0 Å². The zero-order valence-corrected chi connectivity index (χ0v) is 71.6. The van der Waals surface area contributed by atoms with Crippen LogP contribution in [0.5, 0.6) is 23.0 Å². The van der Waals surface area contributed by atoms with Crippen molar-refractivity contribution in [3.8, 4) is 23.0 Å². The van der Waals surface area contributed by atoms with E-state index in [0.29, 0.717) is 87.4 Å². The molecule has 8 aromatic carbocycles. The maximum Gasteiger partial charge on any atom is 0.309 e. The summed E-state index contributed by atoms with van der Waals surface area (Å²) in [6, 6.07) is 50.1. The molecule has 15 nitrogen and oxygen atoms in total. The van der Waals surface area contributed by atoms with Crippen molar-refractivity contribution in [2.45, 2.75) is 268 Å². The number of aromatic hydroxyl groups is 2. The minimum atomic E-state index is -0.229. The van der Waals surface area contributed by atoms with E-state index in [0.717, 1.165) is 194 Å². The number of aryl methyl sites for hydroxylation is 5. The molecule has 118 heavy (non-hydrogen) atoms. The van der Waals surface area contributed by atoms with Crippen LogP contribution in [0.25, 0.3) is 11.1 Å². The summed E-state index contributed by atoms with van der Waals surface area (Å²) < 4.78 is 24.0. The normalized spacial score (nSPS) is 14.7. The van der Waals surface area contributed by atoms with Crippen molar-refractivity contribution < 1.29 is 57.9 Å². The van der Waals surface area contributed by atoms with E-state index in [4.69, 9.17) is 18.9 Å². The number of allylic oxidation sites excluding steroid dienone is 2. The monoisotopic (exact) mass is 1600 g/mol. The summed E-state index contributed by atoms with van der Waals surface area (Å²) in [7, 11) is 0. The van der Waals surface area contributed by atoms with Gasteiger partial charge in [0.15, 0.2) is 0 Å². The number of benzene rings is 8. The van der Waals surface area contributed by atoms with Crippen molar-refractivity contribution in [1.82, 2.24) is 14.7 Å². The van der Waals surface area contributed by atoms with Crippen LogP contribution in [0, 0.1) is 37.5 Å². The number of unbranched alkanes of at least 4 members (excludes halogenated alkanes) is 2. The molecule has 2 atom stereocenters. The Kier molecular flexibility index (Phi) is 31.6. The summed E-state index contributed by atoms with van der Waals surface area (Å²) in [5.41, 5.74) is 20.4. The van der Waals surface area contributed by atoms with Gasteiger partial charge in [0.2, 0.25) is 0 Å². The number of hydrogen-bond acceptors (Lipinski definition) is 12. The third kappa shape index (κ3) is 24.1. The second-order valence-corrected chi connectivity index (χ2v) is 34.8. The van der Waals surface area contributed by atoms with Gasteiger partial charge >= 0.3 is 11.9 Å². The summed E-state index contributed by atoms with van der Waals surface area (Å²) in [5, 5.41) is 20.5. The molecule has 0 aromatic heterocycles. The number of phenols is 2. The lowest BCUT2D eigenvalue weighted by Crippen LogP contribution is -2.26. The topological polar surface area (TPSA) is 190 Å². The second-order valence-electron chi connectivity index (χ2n) is 34.8. The molecule has 3 aliphatic heterocycles. The molecular formula is C103H125N3O12. The van der Waals surface area contributed by atoms with Gasteiger partial charge in [-0.15, -0.1) is 0 Å². The zero-order valence-electron chi connectivity index (χ0n) is 71.6. The minimum Gasteiger partial charge on any atom is -0.508 e. The van der Waals surface area contributed by atoms with E-state index in [-0.39, 0.29) is 76.7 Å². The fraction of sp³-hybridized carbons (Fsp3) is 0.437. The van der Waals surface area contributed by atoms with Gasteiger partial charge in [0.25, 0.3) is 17.7 Å². The number of carbonyl (C=O) groups is 6. The highest BCUT2D eigenvalue weighted by Gasteiger charge is 2.33. The quantitative estimate of drug-likeness (QED) is 0.0225. The number of carbonyl (C=O) groups excluding carboxylic acids is 6. The Morgan fingerprint density at radius 1 is 0.432 bits per heavy atom.